The Labute approximate surface area is 150 Å². The molecular weight excluding hydrogens is 334 g/mol. The van der Waals surface area contributed by atoms with E-state index in [4.69, 9.17) is 4.74 Å². The highest BCUT2D eigenvalue weighted by Gasteiger charge is 2.13. The number of carbonyl (C=O) groups is 1. The number of nitrogens with one attached hydrogen (secondary N) is 1. The first-order valence-corrected chi connectivity index (χ1v) is 8.97. The van der Waals surface area contributed by atoms with E-state index in [-0.39, 0.29) is 5.91 Å². The number of hydrogen-bond acceptors (Lipinski definition) is 5. The second-order valence-electron chi connectivity index (χ2n) is 5.69. The standard InChI is InChI=1S/C19H17N3O2S/c23-19(21-17-4-1-16-12-20-8-7-15(16)11-17)14-2-5-18(6-3-14)22-13-24-9-10-25-22/h1-8,11-12H,9-10,13H2,(H,21,23). The number of anilines is 2. The molecule has 2 heterocycles. The van der Waals surface area contributed by atoms with Crippen molar-refractivity contribution in [2.24, 2.45) is 0 Å². The number of nitrogens with zero attached hydrogens (tertiary/aromatic N) is 2. The average molecular weight is 351 g/mol. The number of aromatic nitrogens is 1. The van der Waals surface area contributed by atoms with Gasteiger partial charge < -0.3 is 10.1 Å². The predicted octanol–water partition coefficient (Wildman–Crippen LogP) is 3.93. The summed E-state index contributed by atoms with van der Waals surface area (Å²) in [5.74, 6) is 0.821. The zero-order valence-corrected chi connectivity index (χ0v) is 14.3. The highest BCUT2D eigenvalue weighted by molar-refractivity contribution is 8.00. The van der Waals surface area contributed by atoms with Crippen LogP contribution < -0.4 is 9.62 Å². The number of fused-ring (bicyclic) bond motifs is 1. The molecule has 0 atom stereocenters. The van der Waals surface area contributed by atoms with Crippen LogP contribution in [0.1, 0.15) is 10.4 Å². The minimum atomic E-state index is -0.123. The molecule has 0 aliphatic carbocycles. The molecule has 126 valence electrons. The zero-order chi connectivity index (χ0) is 17.1. The van der Waals surface area contributed by atoms with E-state index in [0.717, 1.165) is 34.5 Å². The third-order valence-corrected chi connectivity index (χ3v) is 4.98. The van der Waals surface area contributed by atoms with Crippen LogP contribution in [0, 0.1) is 0 Å². The Morgan fingerprint density at radius 2 is 2.00 bits per heavy atom. The number of amides is 1. The summed E-state index contributed by atoms with van der Waals surface area (Å²) >= 11 is 1.74. The fraction of sp³-hybridized carbons (Fsp3) is 0.158. The molecule has 3 aromatic rings. The number of carbonyl (C=O) groups excluding carboxylic acids is 1. The van der Waals surface area contributed by atoms with Crippen molar-refractivity contribution < 1.29 is 9.53 Å². The van der Waals surface area contributed by atoms with Crippen molar-refractivity contribution in [3.05, 3.63) is 66.5 Å². The van der Waals surface area contributed by atoms with Gasteiger partial charge in [-0.2, -0.15) is 0 Å². The van der Waals surface area contributed by atoms with E-state index in [1.54, 1.807) is 18.1 Å². The molecule has 0 unspecified atom stereocenters. The summed E-state index contributed by atoms with van der Waals surface area (Å²) in [6, 6.07) is 15.3. The van der Waals surface area contributed by atoms with Gasteiger partial charge in [-0.1, -0.05) is 6.07 Å². The lowest BCUT2D eigenvalue weighted by Gasteiger charge is -2.27. The summed E-state index contributed by atoms with van der Waals surface area (Å²) in [4.78, 5) is 16.6. The minimum Gasteiger partial charge on any atom is -0.359 e. The van der Waals surface area contributed by atoms with E-state index in [0.29, 0.717) is 12.3 Å². The Kier molecular flexibility index (Phi) is 4.54. The Morgan fingerprint density at radius 3 is 2.80 bits per heavy atom. The van der Waals surface area contributed by atoms with Crippen molar-refractivity contribution in [3.63, 3.8) is 0 Å². The van der Waals surface area contributed by atoms with E-state index in [1.807, 2.05) is 54.7 Å². The van der Waals surface area contributed by atoms with E-state index in [9.17, 15) is 4.79 Å². The van der Waals surface area contributed by atoms with Crippen LogP contribution in [0.4, 0.5) is 11.4 Å². The fourth-order valence-electron chi connectivity index (χ4n) is 2.68. The molecule has 0 bridgehead atoms. The van der Waals surface area contributed by atoms with Gasteiger partial charge in [-0.25, -0.2) is 0 Å². The van der Waals surface area contributed by atoms with Gasteiger partial charge >= 0.3 is 0 Å². The summed E-state index contributed by atoms with van der Waals surface area (Å²) in [5, 5.41) is 5.04. The van der Waals surface area contributed by atoms with Crippen LogP contribution >= 0.6 is 11.9 Å². The largest absolute Gasteiger partial charge is 0.359 e. The molecule has 6 heteroatoms. The van der Waals surface area contributed by atoms with Crippen LogP contribution in [0.2, 0.25) is 0 Å². The molecule has 1 aliphatic heterocycles. The molecule has 1 saturated heterocycles. The van der Waals surface area contributed by atoms with Crippen LogP contribution in [0.15, 0.2) is 60.9 Å². The Balaban J connectivity index is 1.48. The quantitative estimate of drug-likeness (QED) is 0.725. The molecule has 1 aromatic heterocycles. The molecule has 5 nitrogen and oxygen atoms in total. The maximum atomic E-state index is 12.5. The van der Waals surface area contributed by atoms with Gasteiger partial charge in [0.05, 0.1) is 6.61 Å². The van der Waals surface area contributed by atoms with Crippen LogP contribution in [0.5, 0.6) is 0 Å². The number of hydrogen-bond donors (Lipinski definition) is 1. The lowest BCUT2D eigenvalue weighted by molar-refractivity contribution is 0.102. The Bertz CT molecular complexity index is 893. The van der Waals surface area contributed by atoms with Gasteiger partial charge in [0.1, 0.15) is 6.73 Å². The molecule has 1 fully saturated rings. The maximum Gasteiger partial charge on any atom is 0.255 e. The van der Waals surface area contributed by atoms with Crippen LogP contribution in [0.25, 0.3) is 10.8 Å². The molecule has 1 amide bonds. The summed E-state index contributed by atoms with van der Waals surface area (Å²) in [6.07, 6.45) is 3.55. The Morgan fingerprint density at radius 1 is 1.12 bits per heavy atom. The first-order chi connectivity index (χ1) is 12.3. The molecule has 0 saturated carbocycles. The minimum absolute atomic E-state index is 0.123. The van der Waals surface area contributed by atoms with Gasteiger partial charge in [0, 0.05) is 40.5 Å². The van der Waals surface area contributed by atoms with Gasteiger partial charge in [0.15, 0.2) is 0 Å². The molecule has 0 radical (unpaired) electrons. The van der Waals surface area contributed by atoms with E-state index in [1.165, 1.54) is 0 Å². The van der Waals surface area contributed by atoms with Gasteiger partial charge in [0.25, 0.3) is 5.91 Å². The lowest BCUT2D eigenvalue weighted by Crippen LogP contribution is -2.25. The number of rotatable bonds is 3. The van der Waals surface area contributed by atoms with Gasteiger partial charge in [-0.3, -0.25) is 14.1 Å². The maximum absolute atomic E-state index is 12.5. The molecule has 25 heavy (non-hydrogen) atoms. The van der Waals surface area contributed by atoms with Crippen molar-refractivity contribution in [3.8, 4) is 0 Å². The molecule has 1 aliphatic rings. The van der Waals surface area contributed by atoms with Crippen molar-refractivity contribution in [1.29, 1.82) is 0 Å². The smallest absolute Gasteiger partial charge is 0.255 e. The monoisotopic (exact) mass is 351 g/mol. The van der Waals surface area contributed by atoms with Gasteiger partial charge in [0.2, 0.25) is 0 Å². The highest BCUT2D eigenvalue weighted by Crippen LogP contribution is 2.25. The first-order valence-electron chi connectivity index (χ1n) is 8.03. The predicted molar refractivity (Wildman–Crippen MR) is 102 cm³/mol. The average Bonchev–Trinajstić information content (AvgIpc) is 2.69. The number of pyridine rings is 1. The van der Waals surface area contributed by atoms with Crippen molar-refractivity contribution in [1.82, 2.24) is 4.98 Å². The lowest BCUT2D eigenvalue weighted by atomic mass is 10.1. The third-order valence-electron chi connectivity index (χ3n) is 4.00. The molecule has 2 aromatic carbocycles. The zero-order valence-electron chi connectivity index (χ0n) is 13.5. The third kappa shape index (κ3) is 3.60. The van der Waals surface area contributed by atoms with Gasteiger partial charge in [-0.15, -0.1) is 0 Å². The SMILES string of the molecule is O=C(Nc1ccc2cnccc2c1)c1ccc(N2COCCS2)cc1. The molecule has 0 spiro atoms. The van der Waals surface area contributed by atoms with E-state index in [2.05, 4.69) is 14.6 Å². The molecule has 4 rings (SSSR count). The Hall–Kier alpha value is -2.57. The number of ether oxygens (including phenoxy) is 1. The van der Waals surface area contributed by atoms with E-state index >= 15 is 0 Å². The van der Waals surface area contributed by atoms with Gasteiger partial charge in [-0.05, 0) is 59.8 Å². The van der Waals surface area contributed by atoms with Crippen molar-refractivity contribution >= 4 is 40.0 Å². The second kappa shape index (κ2) is 7.13. The summed E-state index contributed by atoms with van der Waals surface area (Å²) in [6.45, 7) is 1.35. The molecular formula is C19H17N3O2S. The summed E-state index contributed by atoms with van der Waals surface area (Å²) in [7, 11) is 0. The fourth-order valence-corrected chi connectivity index (χ4v) is 3.52. The highest BCUT2D eigenvalue weighted by atomic mass is 32.2. The first kappa shape index (κ1) is 15.9. The number of benzene rings is 2. The van der Waals surface area contributed by atoms with Crippen LogP contribution in [-0.4, -0.2) is 30.0 Å². The normalized spacial score (nSPS) is 14.5. The topological polar surface area (TPSA) is 54.5 Å². The van der Waals surface area contributed by atoms with Crippen LogP contribution in [-0.2, 0) is 4.74 Å². The molecule has 1 N–H and O–H groups in total. The summed E-state index contributed by atoms with van der Waals surface area (Å²) < 4.78 is 7.54. The van der Waals surface area contributed by atoms with Crippen molar-refractivity contribution in [2.75, 3.05) is 28.7 Å². The van der Waals surface area contributed by atoms with Crippen molar-refractivity contribution in [2.45, 2.75) is 0 Å². The van der Waals surface area contributed by atoms with E-state index < -0.39 is 0 Å². The van der Waals surface area contributed by atoms with Crippen LogP contribution in [0.3, 0.4) is 0 Å². The second-order valence-corrected chi connectivity index (χ2v) is 6.79. The summed E-state index contributed by atoms with van der Waals surface area (Å²) in [5.41, 5.74) is 2.44.